The zero-order chi connectivity index (χ0) is 14.0. The Labute approximate surface area is 117 Å². The maximum absolute atomic E-state index is 4.45. The third kappa shape index (κ3) is 3.00. The van der Waals surface area contributed by atoms with Crippen molar-refractivity contribution in [3.63, 3.8) is 0 Å². The molecule has 0 aromatic carbocycles. The number of rotatable bonds is 4. The van der Waals surface area contributed by atoms with E-state index >= 15 is 0 Å². The Morgan fingerprint density at radius 1 is 1.42 bits per heavy atom. The van der Waals surface area contributed by atoms with Crippen LogP contribution >= 0.6 is 0 Å². The highest BCUT2D eigenvalue weighted by Crippen LogP contribution is 2.24. The molecule has 4 heteroatoms. The number of aryl methyl sites for hydroxylation is 2. The largest absolute Gasteiger partial charge is 0.308 e. The van der Waals surface area contributed by atoms with Crippen LogP contribution in [0.2, 0.25) is 0 Å². The molecule has 0 radical (unpaired) electrons. The van der Waals surface area contributed by atoms with Gasteiger partial charge in [0.05, 0.1) is 11.4 Å². The predicted octanol–water partition coefficient (Wildman–Crippen LogP) is 2.08. The number of piperazine rings is 1. The Hall–Kier alpha value is -0.870. The van der Waals surface area contributed by atoms with Gasteiger partial charge in [-0.2, -0.15) is 5.10 Å². The van der Waals surface area contributed by atoms with Crippen molar-refractivity contribution in [2.24, 2.45) is 7.05 Å². The number of hydrogen-bond acceptors (Lipinski definition) is 3. The van der Waals surface area contributed by atoms with Gasteiger partial charge in [-0.05, 0) is 32.8 Å². The Balaban J connectivity index is 2.11. The summed E-state index contributed by atoms with van der Waals surface area (Å²) in [6.07, 6.45) is 2.38. The monoisotopic (exact) mass is 264 g/mol. The molecule has 0 saturated carbocycles. The molecule has 0 bridgehead atoms. The number of nitrogens with one attached hydrogen (secondary N) is 1. The molecule has 2 rings (SSSR count). The molecule has 1 aliphatic heterocycles. The van der Waals surface area contributed by atoms with Crippen molar-refractivity contribution in [2.45, 2.75) is 58.7 Å². The summed E-state index contributed by atoms with van der Waals surface area (Å²) in [5.41, 5.74) is 2.71. The molecular weight excluding hydrogens is 236 g/mol. The highest BCUT2D eigenvalue weighted by molar-refractivity contribution is 5.09. The van der Waals surface area contributed by atoms with Crippen LogP contribution < -0.4 is 5.32 Å². The predicted molar refractivity (Wildman–Crippen MR) is 79.1 cm³/mol. The molecule has 1 saturated heterocycles. The van der Waals surface area contributed by atoms with E-state index in [4.69, 9.17) is 0 Å². The average molecular weight is 264 g/mol. The van der Waals surface area contributed by atoms with E-state index < -0.39 is 0 Å². The number of hydrogen-bond donors (Lipinski definition) is 1. The van der Waals surface area contributed by atoms with E-state index in [1.807, 2.05) is 11.7 Å². The molecule has 0 aliphatic carbocycles. The SMILES string of the molecule is CCC1(CC)CN(Cc2cc(C)nn2C)C(C)CN1. The van der Waals surface area contributed by atoms with Gasteiger partial charge in [0, 0.05) is 38.3 Å². The van der Waals surface area contributed by atoms with Crippen LogP contribution in [0.5, 0.6) is 0 Å². The average Bonchev–Trinajstić information content (AvgIpc) is 2.71. The molecule has 1 aliphatic rings. The van der Waals surface area contributed by atoms with Gasteiger partial charge < -0.3 is 5.32 Å². The maximum atomic E-state index is 4.45. The molecule has 0 amide bonds. The van der Waals surface area contributed by atoms with Gasteiger partial charge in [0.15, 0.2) is 0 Å². The fraction of sp³-hybridized carbons (Fsp3) is 0.800. The van der Waals surface area contributed by atoms with Crippen LogP contribution in [-0.2, 0) is 13.6 Å². The molecule has 1 aromatic rings. The smallest absolute Gasteiger partial charge is 0.0597 e. The molecule has 2 heterocycles. The van der Waals surface area contributed by atoms with E-state index in [0.717, 1.165) is 25.3 Å². The van der Waals surface area contributed by atoms with E-state index in [-0.39, 0.29) is 0 Å². The lowest BCUT2D eigenvalue weighted by Gasteiger charge is -2.46. The molecule has 1 atom stereocenters. The van der Waals surface area contributed by atoms with Gasteiger partial charge in [-0.3, -0.25) is 9.58 Å². The first-order chi connectivity index (χ1) is 8.99. The minimum Gasteiger partial charge on any atom is -0.308 e. The van der Waals surface area contributed by atoms with E-state index in [9.17, 15) is 0 Å². The second-order valence-corrected chi connectivity index (χ2v) is 6.02. The van der Waals surface area contributed by atoms with Crippen LogP contribution in [0.15, 0.2) is 6.07 Å². The second kappa shape index (κ2) is 5.63. The summed E-state index contributed by atoms with van der Waals surface area (Å²) in [4.78, 5) is 2.60. The molecular formula is C15H28N4. The lowest BCUT2D eigenvalue weighted by molar-refractivity contribution is 0.0726. The summed E-state index contributed by atoms with van der Waals surface area (Å²) < 4.78 is 2.02. The zero-order valence-electron chi connectivity index (χ0n) is 13.0. The lowest BCUT2D eigenvalue weighted by atomic mass is 9.88. The fourth-order valence-electron chi connectivity index (χ4n) is 3.05. The van der Waals surface area contributed by atoms with Crippen LogP contribution in [0.25, 0.3) is 0 Å². The minimum atomic E-state index is 0.292. The van der Waals surface area contributed by atoms with Crippen molar-refractivity contribution in [1.82, 2.24) is 20.0 Å². The van der Waals surface area contributed by atoms with Crippen molar-refractivity contribution < 1.29 is 0 Å². The first-order valence-electron chi connectivity index (χ1n) is 7.48. The topological polar surface area (TPSA) is 33.1 Å². The number of aromatic nitrogens is 2. The van der Waals surface area contributed by atoms with Crippen molar-refractivity contribution in [3.05, 3.63) is 17.5 Å². The van der Waals surface area contributed by atoms with Gasteiger partial charge in [-0.25, -0.2) is 0 Å². The Morgan fingerprint density at radius 3 is 2.63 bits per heavy atom. The van der Waals surface area contributed by atoms with Crippen molar-refractivity contribution in [1.29, 1.82) is 0 Å². The summed E-state index contributed by atoms with van der Waals surface area (Å²) in [7, 11) is 2.04. The normalized spacial score (nSPS) is 23.7. The van der Waals surface area contributed by atoms with E-state index in [1.54, 1.807) is 0 Å². The molecule has 1 N–H and O–H groups in total. The zero-order valence-corrected chi connectivity index (χ0v) is 13.0. The Bertz CT molecular complexity index is 420. The van der Waals surface area contributed by atoms with Gasteiger partial charge in [0.2, 0.25) is 0 Å². The summed E-state index contributed by atoms with van der Waals surface area (Å²) in [5, 5.41) is 8.21. The quantitative estimate of drug-likeness (QED) is 0.904. The third-order valence-electron chi connectivity index (χ3n) is 4.72. The Kier molecular flexibility index (Phi) is 4.31. The summed E-state index contributed by atoms with van der Waals surface area (Å²) >= 11 is 0. The van der Waals surface area contributed by atoms with Gasteiger partial charge in [0.25, 0.3) is 0 Å². The minimum absolute atomic E-state index is 0.292. The summed E-state index contributed by atoms with van der Waals surface area (Å²) in [5.74, 6) is 0. The highest BCUT2D eigenvalue weighted by atomic mass is 15.3. The molecule has 1 fully saturated rings. The molecule has 4 nitrogen and oxygen atoms in total. The van der Waals surface area contributed by atoms with Crippen LogP contribution in [-0.4, -0.2) is 39.4 Å². The Morgan fingerprint density at radius 2 is 2.11 bits per heavy atom. The molecule has 1 unspecified atom stereocenters. The number of nitrogens with zero attached hydrogens (tertiary/aromatic N) is 3. The van der Waals surface area contributed by atoms with Crippen molar-refractivity contribution in [2.75, 3.05) is 13.1 Å². The van der Waals surface area contributed by atoms with Gasteiger partial charge in [0.1, 0.15) is 0 Å². The van der Waals surface area contributed by atoms with E-state index in [1.165, 1.54) is 18.5 Å². The van der Waals surface area contributed by atoms with Crippen LogP contribution in [0.3, 0.4) is 0 Å². The fourth-order valence-corrected chi connectivity index (χ4v) is 3.05. The maximum Gasteiger partial charge on any atom is 0.0597 e. The van der Waals surface area contributed by atoms with Gasteiger partial charge in [-0.1, -0.05) is 13.8 Å². The first kappa shape index (κ1) is 14.5. The van der Waals surface area contributed by atoms with Crippen LogP contribution in [0.1, 0.15) is 45.0 Å². The summed E-state index contributed by atoms with van der Waals surface area (Å²) in [6, 6.07) is 2.79. The molecule has 108 valence electrons. The molecule has 0 spiro atoms. The van der Waals surface area contributed by atoms with Crippen molar-refractivity contribution in [3.8, 4) is 0 Å². The first-order valence-corrected chi connectivity index (χ1v) is 7.48. The second-order valence-electron chi connectivity index (χ2n) is 6.02. The molecule has 1 aromatic heterocycles. The van der Waals surface area contributed by atoms with Crippen molar-refractivity contribution >= 4 is 0 Å². The van der Waals surface area contributed by atoms with E-state index in [0.29, 0.717) is 11.6 Å². The molecule has 19 heavy (non-hydrogen) atoms. The van der Waals surface area contributed by atoms with Crippen LogP contribution in [0, 0.1) is 6.92 Å². The van der Waals surface area contributed by atoms with Crippen LogP contribution in [0.4, 0.5) is 0 Å². The highest BCUT2D eigenvalue weighted by Gasteiger charge is 2.35. The lowest BCUT2D eigenvalue weighted by Crippen LogP contribution is -2.62. The van der Waals surface area contributed by atoms with Gasteiger partial charge >= 0.3 is 0 Å². The van der Waals surface area contributed by atoms with E-state index in [2.05, 4.69) is 49.1 Å². The third-order valence-corrected chi connectivity index (χ3v) is 4.72. The standard InChI is InChI=1S/C15H28N4/c1-6-15(7-2)11-19(13(4)9-16-15)10-14-8-12(3)17-18(14)5/h8,13,16H,6-7,9-11H2,1-5H3. The summed E-state index contributed by atoms with van der Waals surface area (Å²) in [6.45, 7) is 12.2. The van der Waals surface area contributed by atoms with Gasteiger partial charge in [-0.15, -0.1) is 0 Å².